The molecule has 0 radical (unpaired) electrons. The minimum Gasteiger partial charge on any atom is -0.507 e. The lowest BCUT2D eigenvalue weighted by Gasteiger charge is -2.40. The molecule has 8 atom stereocenters. The van der Waals surface area contributed by atoms with Gasteiger partial charge in [-0.2, -0.15) is 11.8 Å². The molecule has 4 aliphatic rings. The molecule has 0 saturated heterocycles. The van der Waals surface area contributed by atoms with Crippen LogP contribution in [0.1, 0.15) is 127 Å². The van der Waals surface area contributed by atoms with E-state index < -0.39 is 10.8 Å². The van der Waals surface area contributed by atoms with Crippen LogP contribution in [0, 0.1) is 47.3 Å². The van der Waals surface area contributed by atoms with Crippen molar-refractivity contribution in [2.45, 2.75) is 116 Å². The second-order valence-corrected chi connectivity index (χ2v) is 23.9. The average molecular weight is 831 g/mol. The molecule has 7 aromatic rings. The highest BCUT2D eigenvalue weighted by Crippen LogP contribution is 2.59. The number of hydrogen-bond donors (Lipinski definition) is 2. The standard InChI is InChI=1S/C50H58N2O3S3/c1-8-24(6)13-25(7)19-56-20-28(23(4)5)11-12-29-37-34(53)17-33-40-42(37)44-43-38-31(16-35(54)49(52-33)45(38)40)30(15-26-9-10-27(14-26)22(2)3)32-21-58(55)50-47(39(32)43)41-36(57-50)18-51-48(29)46(41)44/h17-18,22-28,30-31,52-53H,8-16,19-21H2,1-7H3. The Bertz CT molecular complexity index is 2880. The molecule has 8 heteroatoms. The maximum Gasteiger partial charge on any atom is 0.180 e. The lowest BCUT2D eigenvalue weighted by atomic mass is 9.64. The molecule has 3 aromatic heterocycles. The van der Waals surface area contributed by atoms with E-state index >= 15 is 0 Å². The van der Waals surface area contributed by atoms with Gasteiger partial charge in [-0.1, -0.05) is 61.3 Å². The number of aromatic hydroxyl groups is 1. The van der Waals surface area contributed by atoms with Crippen molar-refractivity contribution < 1.29 is 14.1 Å². The van der Waals surface area contributed by atoms with Crippen molar-refractivity contribution in [3.05, 3.63) is 34.3 Å². The Kier molecular flexibility index (Phi) is 9.04. The molecule has 4 aromatic carbocycles. The van der Waals surface area contributed by atoms with E-state index in [0.29, 0.717) is 41.8 Å². The summed E-state index contributed by atoms with van der Waals surface area (Å²) in [4.78, 5) is 23.4. The molecule has 3 aliphatic carbocycles. The van der Waals surface area contributed by atoms with Crippen LogP contribution in [0.15, 0.2) is 16.5 Å². The number of hydrogen-bond acceptors (Lipinski definition) is 6. The zero-order valence-electron chi connectivity index (χ0n) is 35.3. The number of thiophene rings is 1. The Morgan fingerprint density at radius 1 is 0.966 bits per heavy atom. The summed E-state index contributed by atoms with van der Waals surface area (Å²) in [6.07, 6.45) is 11.8. The lowest BCUT2D eigenvalue weighted by Crippen LogP contribution is -2.36. The van der Waals surface area contributed by atoms with E-state index in [-0.39, 0.29) is 23.4 Å². The number of nitrogens with one attached hydrogen (secondary N) is 1. The third kappa shape index (κ3) is 5.34. The summed E-state index contributed by atoms with van der Waals surface area (Å²) in [5.74, 6) is 8.27. The zero-order valence-corrected chi connectivity index (χ0v) is 37.7. The number of aryl methyl sites for hydroxylation is 1. The predicted molar refractivity (Wildman–Crippen MR) is 248 cm³/mol. The van der Waals surface area contributed by atoms with E-state index in [9.17, 15) is 14.1 Å². The van der Waals surface area contributed by atoms with Crippen LogP contribution in [-0.2, 0) is 17.2 Å². The van der Waals surface area contributed by atoms with Crippen molar-refractivity contribution in [1.82, 2.24) is 9.97 Å². The van der Waals surface area contributed by atoms with E-state index in [4.69, 9.17) is 4.98 Å². The number of thioether (sulfide) groups is 1. The Balaban J connectivity index is 1.14. The van der Waals surface area contributed by atoms with Gasteiger partial charge in [0, 0.05) is 61.8 Å². The fourth-order valence-electron chi connectivity index (χ4n) is 12.8. The molecular formula is C50H58N2O3S3. The van der Waals surface area contributed by atoms with Crippen LogP contribution in [0.5, 0.6) is 5.75 Å². The van der Waals surface area contributed by atoms with E-state index in [1.165, 1.54) is 81.1 Å². The second-order valence-electron chi connectivity index (χ2n) is 20.2. The van der Waals surface area contributed by atoms with Gasteiger partial charge >= 0.3 is 0 Å². The van der Waals surface area contributed by atoms with Gasteiger partial charge in [-0.3, -0.25) is 14.0 Å². The maximum atomic E-state index is 14.6. The first-order valence-corrected chi connectivity index (χ1v) is 25.8. The quantitative estimate of drug-likeness (QED) is 0.0842. The van der Waals surface area contributed by atoms with Gasteiger partial charge in [-0.25, -0.2) is 0 Å². The number of benzene rings is 4. The molecule has 4 heterocycles. The molecule has 1 saturated carbocycles. The van der Waals surface area contributed by atoms with Gasteiger partial charge in [0.2, 0.25) is 0 Å². The van der Waals surface area contributed by atoms with Gasteiger partial charge < -0.3 is 10.1 Å². The fourth-order valence-corrected chi connectivity index (χ4v) is 17.3. The molecule has 0 amide bonds. The minimum atomic E-state index is -1.14. The molecule has 8 unspecified atom stereocenters. The summed E-state index contributed by atoms with van der Waals surface area (Å²) in [5.41, 5.74) is 6.42. The summed E-state index contributed by atoms with van der Waals surface area (Å²) >= 11 is 3.81. The molecular weight excluding hydrogens is 773 g/mol. The highest BCUT2D eigenvalue weighted by atomic mass is 32.2. The van der Waals surface area contributed by atoms with Crippen LogP contribution in [0.25, 0.3) is 69.8 Å². The van der Waals surface area contributed by atoms with Crippen LogP contribution in [0.4, 0.5) is 0 Å². The Morgan fingerprint density at radius 2 is 1.78 bits per heavy atom. The molecule has 11 rings (SSSR count). The Labute approximate surface area is 352 Å². The molecule has 5 nitrogen and oxygen atoms in total. The second kappa shape index (κ2) is 13.8. The van der Waals surface area contributed by atoms with Gasteiger partial charge in [0.05, 0.1) is 38.0 Å². The number of carbonyl (C=O) groups is 1. The maximum absolute atomic E-state index is 14.6. The van der Waals surface area contributed by atoms with Gasteiger partial charge in [0.25, 0.3) is 0 Å². The highest BCUT2D eigenvalue weighted by Gasteiger charge is 2.46. The summed E-state index contributed by atoms with van der Waals surface area (Å²) in [5, 5.41) is 24.0. The average Bonchev–Trinajstić information content (AvgIpc) is 3.93. The van der Waals surface area contributed by atoms with E-state index in [0.717, 1.165) is 89.6 Å². The van der Waals surface area contributed by atoms with Gasteiger partial charge in [0.15, 0.2) is 5.78 Å². The number of aromatic nitrogens is 2. The first-order valence-electron chi connectivity index (χ1n) is 22.5. The number of phenolic OH excluding ortho intramolecular Hbond substituents is 1. The number of carbonyl (C=O) groups excluding carboxylic acids is 1. The summed E-state index contributed by atoms with van der Waals surface area (Å²) < 4.78 is 16.7. The minimum absolute atomic E-state index is 0.0701. The van der Waals surface area contributed by atoms with Crippen LogP contribution in [0.2, 0.25) is 0 Å². The topological polar surface area (TPSA) is 83.0 Å². The highest BCUT2D eigenvalue weighted by molar-refractivity contribution is 7.99. The lowest BCUT2D eigenvalue weighted by molar-refractivity contribution is 0.0959. The molecule has 0 bridgehead atoms. The van der Waals surface area contributed by atoms with Crippen molar-refractivity contribution in [2.24, 2.45) is 47.3 Å². The molecule has 1 aliphatic heterocycles. The number of pyridine rings is 1. The number of aromatic amines is 1. The zero-order chi connectivity index (χ0) is 40.0. The van der Waals surface area contributed by atoms with E-state index in [1.54, 1.807) is 11.3 Å². The van der Waals surface area contributed by atoms with Crippen molar-refractivity contribution in [3.8, 4) is 5.75 Å². The summed E-state index contributed by atoms with van der Waals surface area (Å²) in [6.45, 7) is 16.6. The molecule has 2 N–H and O–H groups in total. The molecule has 0 spiro atoms. The third-order valence-electron chi connectivity index (χ3n) is 16.0. The van der Waals surface area contributed by atoms with E-state index in [1.807, 2.05) is 6.07 Å². The van der Waals surface area contributed by atoms with Gasteiger partial charge in [-0.05, 0) is 131 Å². The van der Waals surface area contributed by atoms with Gasteiger partial charge in [0.1, 0.15) is 9.96 Å². The number of phenols is 1. The normalized spacial score (nSPS) is 24.7. The van der Waals surface area contributed by atoms with E-state index in [2.05, 4.69) is 71.4 Å². The first kappa shape index (κ1) is 38.0. The molecule has 58 heavy (non-hydrogen) atoms. The molecule has 304 valence electrons. The predicted octanol–water partition coefficient (Wildman–Crippen LogP) is 12.7. The van der Waals surface area contributed by atoms with Crippen molar-refractivity contribution in [3.63, 3.8) is 0 Å². The number of Topliss-reactive ketones (excluding diaryl/α,β-unsaturated/α-hetero) is 1. The monoisotopic (exact) mass is 830 g/mol. The number of nitrogens with zero attached hydrogens (tertiary/aromatic N) is 1. The van der Waals surface area contributed by atoms with Crippen LogP contribution < -0.4 is 5.22 Å². The largest absolute Gasteiger partial charge is 0.507 e. The third-order valence-corrected chi connectivity index (χ3v) is 20.4. The number of ketones is 1. The van der Waals surface area contributed by atoms with Crippen LogP contribution in [0.3, 0.4) is 0 Å². The number of H-pyrrole nitrogens is 1. The number of rotatable bonds is 14. The fraction of sp³-hybridized carbons (Fsp3) is 0.560. The summed E-state index contributed by atoms with van der Waals surface area (Å²) in [7, 11) is -1.14. The van der Waals surface area contributed by atoms with Crippen LogP contribution in [-0.4, -0.2) is 42.3 Å². The molecule has 1 fully saturated rings. The van der Waals surface area contributed by atoms with Crippen LogP contribution >= 0.6 is 23.1 Å². The smallest absolute Gasteiger partial charge is 0.180 e. The Hall–Kier alpha value is -2.94. The SMILES string of the molecule is CCC(C)CC(C)CSCC(CCc1c2ncc3sc4c5c6c7c8c9c([nH]c%10cc(O)c1c(c%109)c7c2c35)C(=O)CC8C(CC1CCC(C(C)C)C1)C=6CS4=O)C(C)C. The van der Waals surface area contributed by atoms with Crippen molar-refractivity contribution in [1.29, 1.82) is 0 Å². The summed E-state index contributed by atoms with van der Waals surface area (Å²) in [6, 6.07) is 1.91. The van der Waals surface area contributed by atoms with Gasteiger partial charge in [-0.15, -0.1) is 11.3 Å². The van der Waals surface area contributed by atoms with Crippen molar-refractivity contribution in [2.75, 3.05) is 17.3 Å². The van der Waals surface area contributed by atoms with Crippen molar-refractivity contribution >= 4 is 109 Å². The Morgan fingerprint density at radius 3 is 2.53 bits per heavy atom. The first-order chi connectivity index (χ1) is 27.9.